The SMILES string of the molecule is Cc1cc(C(=O)Nc2ccc(N3CCN(C)CC3)c(C)c2)c2c(C)nn(C)c2n1. The average Bonchev–Trinajstić information content (AvgIpc) is 2.96. The van der Waals surface area contributed by atoms with Gasteiger partial charge in [-0.25, -0.2) is 4.98 Å². The Kier molecular flexibility index (Phi) is 5.00. The number of nitrogens with zero attached hydrogens (tertiary/aromatic N) is 5. The summed E-state index contributed by atoms with van der Waals surface area (Å²) in [5.41, 5.74) is 6.15. The molecule has 1 aliphatic rings. The number of piperazine rings is 1. The minimum atomic E-state index is -0.136. The van der Waals surface area contributed by atoms with Crippen molar-refractivity contribution in [3.8, 4) is 0 Å². The van der Waals surface area contributed by atoms with E-state index in [1.165, 1.54) is 11.3 Å². The smallest absolute Gasteiger partial charge is 0.256 e. The fourth-order valence-electron chi connectivity index (χ4n) is 4.08. The van der Waals surface area contributed by atoms with E-state index in [1.807, 2.05) is 39.1 Å². The number of carbonyl (C=O) groups is 1. The van der Waals surface area contributed by atoms with Crippen LogP contribution in [0.5, 0.6) is 0 Å². The molecule has 3 aromatic rings. The average molecular weight is 393 g/mol. The van der Waals surface area contributed by atoms with E-state index in [1.54, 1.807) is 4.68 Å². The number of fused-ring (bicyclic) bond motifs is 1. The van der Waals surface area contributed by atoms with E-state index in [4.69, 9.17) is 0 Å². The van der Waals surface area contributed by atoms with Crippen LogP contribution in [0.4, 0.5) is 11.4 Å². The van der Waals surface area contributed by atoms with E-state index in [0.717, 1.165) is 54.3 Å². The van der Waals surface area contributed by atoms with Crippen molar-refractivity contribution in [2.75, 3.05) is 43.4 Å². The molecule has 1 amide bonds. The summed E-state index contributed by atoms with van der Waals surface area (Å²) in [5, 5.41) is 8.30. The summed E-state index contributed by atoms with van der Waals surface area (Å²) in [6.45, 7) is 10.1. The zero-order chi connectivity index (χ0) is 20.7. The highest BCUT2D eigenvalue weighted by Crippen LogP contribution is 2.26. The first-order valence-electron chi connectivity index (χ1n) is 10.00. The lowest BCUT2D eigenvalue weighted by Crippen LogP contribution is -2.44. The number of likely N-dealkylation sites (N-methyl/N-ethyl adjacent to an activating group) is 1. The number of benzene rings is 1. The van der Waals surface area contributed by atoms with Gasteiger partial charge in [-0.2, -0.15) is 5.10 Å². The monoisotopic (exact) mass is 392 g/mol. The molecule has 1 aromatic carbocycles. The van der Waals surface area contributed by atoms with Gasteiger partial charge in [0.2, 0.25) is 0 Å². The van der Waals surface area contributed by atoms with Gasteiger partial charge >= 0.3 is 0 Å². The molecule has 7 heteroatoms. The third kappa shape index (κ3) is 3.70. The minimum Gasteiger partial charge on any atom is -0.369 e. The summed E-state index contributed by atoms with van der Waals surface area (Å²) in [6, 6.07) is 7.98. The van der Waals surface area contributed by atoms with Crippen molar-refractivity contribution in [2.24, 2.45) is 7.05 Å². The van der Waals surface area contributed by atoms with Crippen molar-refractivity contribution in [2.45, 2.75) is 20.8 Å². The van der Waals surface area contributed by atoms with Gasteiger partial charge in [0.25, 0.3) is 5.91 Å². The summed E-state index contributed by atoms with van der Waals surface area (Å²) in [7, 11) is 4.01. The molecule has 7 nitrogen and oxygen atoms in total. The van der Waals surface area contributed by atoms with Crippen LogP contribution in [0.3, 0.4) is 0 Å². The Morgan fingerprint density at radius 3 is 2.45 bits per heavy atom. The van der Waals surface area contributed by atoms with Crippen LogP contribution in [0.2, 0.25) is 0 Å². The number of aryl methyl sites for hydroxylation is 4. The van der Waals surface area contributed by atoms with Crippen LogP contribution in [-0.2, 0) is 7.05 Å². The topological polar surface area (TPSA) is 66.3 Å². The Labute approximate surface area is 171 Å². The van der Waals surface area contributed by atoms with Crippen LogP contribution in [0.1, 0.15) is 27.3 Å². The summed E-state index contributed by atoms with van der Waals surface area (Å²) in [6.07, 6.45) is 0. The molecule has 1 N–H and O–H groups in total. The predicted molar refractivity (Wildman–Crippen MR) is 117 cm³/mol. The molecule has 2 aromatic heterocycles. The lowest BCUT2D eigenvalue weighted by molar-refractivity contribution is 0.102. The molecule has 3 heterocycles. The van der Waals surface area contributed by atoms with Gasteiger partial charge in [-0.05, 0) is 57.6 Å². The van der Waals surface area contributed by atoms with E-state index in [0.29, 0.717) is 5.56 Å². The van der Waals surface area contributed by atoms with Crippen molar-refractivity contribution >= 4 is 28.3 Å². The van der Waals surface area contributed by atoms with Gasteiger partial charge in [-0.15, -0.1) is 0 Å². The highest BCUT2D eigenvalue weighted by atomic mass is 16.1. The molecule has 0 saturated carbocycles. The molecular weight excluding hydrogens is 364 g/mol. The Morgan fingerprint density at radius 2 is 1.76 bits per heavy atom. The molecule has 0 aliphatic carbocycles. The molecule has 29 heavy (non-hydrogen) atoms. The third-order valence-electron chi connectivity index (χ3n) is 5.64. The number of hydrogen-bond donors (Lipinski definition) is 1. The molecule has 0 radical (unpaired) electrons. The van der Waals surface area contributed by atoms with E-state index in [2.05, 4.69) is 45.2 Å². The highest BCUT2D eigenvalue weighted by Gasteiger charge is 2.19. The maximum Gasteiger partial charge on any atom is 0.256 e. The normalized spacial score (nSPS) is 15.1. The van der Waals surface area contributed by atoms with Crippen molar-refractivity contribution < 1.29 is 4.79 Å². The molecule has 152 valence electrons. The largest absolute Gasteiger partial charge is 0.369 e. The molecule has 4 rings (SSSR count). The zero-order valence-electron chi connectivity index (χ0n) is 17.8. The number of amides is 1. The van der Waals surface area contributed by atoms with Crippen molar-refractivity contribution in [3.63, 3.8) is 0 Å². The number of pyridine rings is 1. The molecule has 0 unspecified atom stereocenters. The summed E-state index contributed by atoms with van der Waals surface area (Å²) < 4.78 is 1.73. The van der Waals surface area contributed by atoms with Crippen LogP contribution < -0.4 is 10.2 Å². The quantitative estimate of drug-likeness (QED) is 0.742. The Hall–Kier alpha value is -2.93. The van der Waals surface area contributed by atoms with Crippen LogP contribution >= 0.6 is 0 Å². The van der Waals surface area contributed by atoms with Gasteiger partial charge in [0.15, 0.2) is 5.65 Å². The summed E-state index contributed by atoms with van der Waals surface area (Å²) in [4.78, 5) is 22.4. The van der Waals surface area contributed by atoms with Gasteiger partial charge in [0.1, 0.15) is 0 Å². The van der Waals surface area contributed by atoms with E-state index < -0.39 is 0 Å². The van der Waals surface area contributed by atoms with Crippen molar-refractivity contribution in [3.05, 3.63) is 46.8 Å². The molecular formula is C22H28N6O. The predicted octanol–water partition coefficient (Wildman–Crippen LogP) is 2.90. The molecule has 1 saturated heterocycles. The van der Waals surface area contributed by atoms with Gasteiger partial charge in [0.05, 0.1) is 16.6 Å². The molecule has 1 fully saturated rings. The van der Waals surface area contributed by atoms with Crippen molar-refractivity contribution in [1.29, 1.82) is 0 Å². The second kappa shape index (κ2) is 7.48. The first-order chi connectivity index (χ1) is 13.8. The first kappa shape index (κ1) is 19.4. The lowest BCUT2D eigenvalue weighted by atomic mass is 10.1. The molecule has 0 bridgehead atoms. The van der Waals surface area contributed by atoms with Gasteiger partial charge in [-0.1, -0.05) is 0 Å². The van der Waals surface area contributed by atoms with Crippen LogP contribution in [0.15, 0.2) is 24.3 Å². The first-order valence-corrected chi connectivity index (χ1v) is 10.00. The van der Waals surface area contributed by atoms with Gasteiger partial charge in [-0.3, -0.25) is 9.48 Å². The summed E-state index contributed by atoms with van der Waals surface area (Å²) in [5.74, 6) is -0.136. The fourth-order valence-corrected chi connectivity index (χ4v) is 4.08. The molecule has 1 aliphatic heterocycles. The Balaban J connectivity index is 1.59. The maximum absolute atomic E-state index is 13.1. The van der Waals surface area contributed by atoms with E-state index in [-0.39, 0.29) is 5.91 Å². The van der Waals surface area contributed by atoms with Gasteiger partial charge < -0.3 is 15.1 Å². The number of carbonyl (C=O) groups excluding carboxylic acids is 1. The maximum atomic E-state index is 13.1. The van der Waals surface area contributed by atoms with Gasteiger partial charge in [0, 0.05) is 50.3 Å². The van der Waals surface area contributed by atoms with E-state index >= 15 is 0 Å². The number of aromatic nitrogens is 3. The second-order valence-electron chi connectivity index (χ2n) is 7.96. The second-order valence-corrected chi connectivity index (χ2v) is 7.96. The summed E-state index contributed by atoms with van der Waals surface area (Å²) >= 11 is 0. The Bertz CT molecular complexity index is 1080. The molecule has 0 spiro atoms. The lowest BCUT2D eigenvalue weighted by Gasteiger charge is -2.35. The molecule has 0 atom stereocenters. The van der Waals surface area contributed by atoms with Crippen LogP contribution in [0, 0.1) is 20.8 Å². The number of nitrogens with one attached hydrogen (secondary N) is 1. The van der Waals surface area contributed by atoms with Crippen LogP contribution in [-0.4, -0.2) is 58.8 Å². The highest BCUT2D eigenvalue weighted by molar-refractivity contribution is 6.12. The fraction of sp³-hybridized carbons (Fsp3) is 0.409. The van der Waals surface area contributed by atoms with E-state index in [9.17, 15) is 4.79 Å². The van der Waals surface area contributed by atoms with Crippen molar-refractivity contribution in [1.82, 2.24) is 19.7 Å². The Morgan fingerprint density at radius 1 is 1.03 bits per heavy atom. The zero-order valence-corrected chi connectivity index (χ0v) is 17.8. The standard InChI is InChI=1S/C22H28N6O/c1-14-12-17(6-7-19(14)28-10-8-26(4)9-11-28)24-22(29)18-13-15(2)23-21-20(18)16(3)25-27(21)5/h6-7,12-13H,8-11H2,1-5H3,(H,24,29). The number of rotatable bonds is 3. The number of hydrogen-bond acceptors (Lipinski definition) is 5. The van der Waals surface area contributed by atoms with Crippen LogP contribution in [0.25, 0.3) is 11.0 Å². The number of anilines is 2. The third-order valence-corrected chi connectivity index (χ3v) is 5.64. The minimum absolute atomic E-state index is 0.136.